The maximum atomic E-state index is 12.7. The summed E-state index contributed by atoms with van der Waals surface area (Å²) in [5.74, 6) is 0.433. The second-order valence-electron chi connectivity index (χ2n) is 6.14. The number of ether oxygens (including phenoxy) is 2. The van der Waals surface area contributed by atoms with Gasteiger partial charge in [-0.2, -0.15) is 0 Å². The molecule has 1 aliphatic rings. The lowest BCUT2D eigenvalue weighted by atomic mass is 10.1. The van der Waals surface area contributed by atoms with Crippen molar-refractivity contribution in [2.75, 3.05) is 18.5 Å². The van der Waals surface area contributed by atoms with E-state index in [4.69, 9.17) is 9.47 Å². The minimum atomic E-state index is -0.161. The number of hydrogen-bond donors (Lipinski definition) is 1. The Morgan fingerprint density at radius 1 is 1.21 bits per heavy atom. The van der Waals surface area contributed by atoms with Crippen molar-refractivity contribution in [2.24, 2.45) is 0 Å². The zero-order valence-electron chi connectivity index (χ0n) is 14.2. The van der Waals surface area contributed by atoms with E-state index in [2.05, 4.69) is 5.32 Å². The van der Waals surface area contributed by atoms with E-state index in [0.717, 1.165) is 36.3 Å². The van der Waals surface area contributed by atoms with Crippen molar-refractivity contribution in [3.63, 3.8) is 0 Å². The van der Waals surface area contributed by atoms with Gasteiger partial charge in [0.25, 0.3) is 5.91 Å². The summed E-state index contributed by atoms with van der Waals surface area (Å²) >= 11 is 0. The molecule has 0 aromatic heterocycles. The predicted octanol–water partition coefficient (Wildman–Crippen LogP) is 4.11. The first-order valence-corrected chi connectivity index (χ1v) is 8.36. The third-order valence-electron chi connectivity index (χ3n) is 4.43. The Kier molecular flexibility index (Phi) is 5.16. The summed E-state index contributed by atoms with van der Waals surface area (Å²) in [6.45, 7) is 5.31. The molecule has 1 aliphatic heterocycles. The molecule has 4 nitrogen and oxygen atoms in total. The van der Waals surface area contributed by atoms with E-state index >= 15 is 0 Å². The highest BCUT2D eigenvalue weighted by atomic mass is 16.5. The zero-order chi connectivity index (χ0) is 16.9. The third kappa shape index (κ3) is 3.77. The lowest BCUT2D eigenvalue weighted by molar-refractivity contribution is 0.0673. The predicted molar refractivity (Wildman–Crippen MR) is 94.8 cm³/mol. The van der Waals surface area contributed by atoms with Gasteiger partial charge in [0, 0.05) is 12.3 Å². The molecule has 3 rings (SSSR count). The quantitative estimate of drug-likeness (QED) is 0.900. The van der Waals surface area contributed by atoms with Crippen LogP contribution in [0.5, 0.6) is 5.75 Å². The van der Waals surface area contributed by atoms with Crippen molar-refractivity contribution < 1.29 is 14.3 Å². The Balaban J connectivity index is 1.73. The minimum Gasteiger partial charge on any atom is -0.490 e. The van der Waals surface area contributed by atoms with Gasteiger partial charge in [0.2, 0.25) is 0 Å². The van der Waals surface area contributed by atoms with Crippen LogP contribution in [-0.2, 0) is 4.74 Å². The fraction of sp³-hybridized carbons (Fsp3) is 0.350. The number of nitrogens with one attached hydrogen (secondary N) is 1. The van der Waals surface area contributed by atoms with Crippen molar-refractivity contribution in [3.8, 4) is 5.75 Å². The normalized spacial score (nSPS) is 16.8. The molecule has 2 aromatic rings. The molecule has 1 N–H and O–H groups in total. The van der Waals surface area contributed by atoms with Gasteiger partial charge in [-0.05, 0) is 56.0 Å². The molecule has 0 bridgehead atoms. The van der Waals surface area contributed by atoms with Gasteiger partial charge < -0.3 is 14.8 Å². The second-order valence-corrected chi connectivity index (χ2v) is 6.14. The van der Waals surface area contributed by atoms with Crippen LogP contribution in [0.2, 0.25) is 0 Å². The van der Waals surface area contributed by atoms with Crippen LogP contribution in [-0.4, -0.2) is 25.2 Å². The Morgan fingerprint density at radius 3 is 2.83 bits per heavy atom. The standard InChI is InChI=1S/C20H23NO3/c1-14-7-5-10-18(15(14)2)21-20(22)17-9-3-4-11-19(17)24-13-16-8-6-12-23-16/h3-5,7,9-11,16H,6,8,12-13H2,1-2H3,(H,21,22)/t16-/m0/s1. The molecule has 1 amide bonds. The lowest BCUT2D eigenvalue weighted by Crippen LogP contribution is -2.19. The number of carbonyl (C=O) groups is 1. The van der Waals surface area contributed by atoms with Crippen LogP contribution in [0.25, 0.3) is 0 Å². The number of rotatable bonds is 5. The Bertz CT molecular complexity index is 721. The molecule has 1 atom stereocenters. The summed E-state index contributed by atoms with van der Waals surface area (Å²) in [6.07, 6.45) is 2.21. The first-order chi connectivity index (χ1) is 11.6. The van der Waals surface area contributed by atoms with Crippen molar-refractivity contribution in [1.82, 2.24) is 0 Å². The van der Waals surface area contributed by atoms with E-state index in [1.54, 1.807) is 6.07 Å². The Hall–Kier alpha value is -2.33. The molecule has 0 saturated carbocycles. The Morgan fingerprint density at radius 2 is 2.04 bits per heavy atom. The van der Waals surface area contributed by atoms with E-state index in [-0.39, 0.29) is 12.0 Å². The number of para-hydroxylation sites is 1. The first-order valence-electron chi connectivity index (χ1n) is 8.36. The van der Waals surface area contributed by atoms with Crippen LogP contribution in [0.4, 0.5) is 5.69 Å². The zero-order valence-corrected chi connectivity index (χ0v) is 14.2. The van der Waals surface area contributed by atoms with E-state index in [0.29, 0.717) is 17.9 Å². The van der Waals surface area contributed by atoms with Crippen molar-refractivity contribution in [2.45, 2.75) is 32.8 Å². The molecule has 1 fully saturated rings. The van der Waals surface area contributed by atoms with Gasteiger partial charge in [-0.15, -0.1) is 0 Å². The topological polar surface area (TPSA) is 47.6 Å². The van der Waals surface area contributed by atoms with Gasteiger partial charge in [-0.1, -0.05) is 24.3 Å². The highest BCUT2D eigenvalue weighted by molar-refractivity contribution is 6.06. The second kappa shape index (κ2) is 7.49. The van der Waals surface area contributed by atoms with Gasteiger partial charge in [0.15, 0.2) is 0 Å². The molecule has 1 saturated heterocycles. The van der Waals surface area contributed by atoms with Crippen LogP contribution in [0, 0.1) is 13.8 Å². The highest BCUT2D eigenvalue weighted by Crippen LogP contribution is 2.23. The molecule has 4 heteroatoms. The Labute approximate surface area is 142 Å². The van der Waals surface area contributed by atoms with Crippen molar-refractivity contribution >= 4 is 11.6 Å². The molecule has 0 spiro atoms. The summed E-state index contributed by atoms with van der Waals surface area (Å²) < 4.78 is 11.4. The van der Waals surface area contributed by atoms with Crippen LogP contribution in [0.1, 0.15) is 34.3 Å². The fourth-order valence-corrected chi connectivity index (χ4v) is 2.81. The van der Waals surface area contributed by atoms with E-state index < -0.39 is 0 Å². The SMILES string of the molecule is Cc1cccc(NC(=O)c2ccccc2OC[C@@H]2CCCO2)c1C. The molecule has 1 heterocycles. The van der Waals surface area contributed by atoms with Gasteiger partial charge >= 0.3 is 0 Å². The number of benzene rings is 2. The minimum absolute atomic E-state index is 0.125. The molecule has 0 radical (unpaired) electrons. The van der Waals surface area contributed by atoms with Crippen molar-refractivity contribution in [3.05, 3.63) is 59.2 Å². The summed E-state index contributed by atoms with van der Waals surface area (Å²) in [4.78, 5) is 12.7. The van der Waals surface area contributed by atoms with E-state index in [1.165, 1.54) is 0 Å². The largest absolute Gasteiger partial charge is 0.490 e. The molecule has 2 aromatic carbocycles. The van der Waals surface area contributed by atoms with E-state index in [9.17, 15) is 4.79 Å². The smallest absolute Gasteiger partial charge is 0.259 e. The highest BCUT2D eigenvalue weighted by Gasteiger charge is 2.18. The number of anilines is 1. The third-order valence-corrected chi connectivity index (χ3v) is 4.43. The monoisotopic (exact) mass is 325 g/mol. The summed E-state index contributed by atoms with van der Waals surface area (Å²) in [5, 5.41) is 2.99. The maximum absolute atomic E-state index is 12.7. The molecular formula is C20H23NO3. The van der Waals surface area contributed by atoms with Crippen molar-refractivity contribution in [1.29, 1.82) is 0 Å². The van der Waals surface area contributed by atoms with Gasteiger partial charge in [0.05, 0.1) is 11.7 Å². The van der Waals surface area contributed by atoms with Crippen LogP contribution >= 0.6 is 0 Å². The molecule has 126 valence electrons. The summed E-state index contributed by atoms with van der Waals surface area (Å²) in [7, 11) is 0. The van der Waals surface area contributed by atoms with E-state index in [1.807, 2.05) is 50.2 Å². The average Bonchev–Trinajstić information content (AvgIpc) is 3.11. The lowest BCUT2D eigenvalue weighted by Gasteiger charge is -2.15. The maximum Gasteiger partial charge on any atom is 0.259 e. The number of aryl methyl sites for hydroxylation is 1. The van der Waals surface area contributed by atoms with Crippen LogP contribution < -0.4 is 10.1 Å². The van der Waals surface area contributed by atoms with Crippen LogP contribution in [0.15, 0.2) is 42.5 Å². The molecular weight excluding hydrogens is 302 g/mol. The fourth-order valence-electron chi connectivity index (χ4n) is 2.81. The number of amides is 1. The summed E-state index contributed by atoms with van der Waals surface area (Å²) in [6, 6.07) is 13.2. The molecule has 0 unspecified atom stereocenters. The number of hydrogen-bond acceptors (Lipinski definition) is 3. The molecule has 24 heavy (non-hydrogen) atoms. The summed E-state index contributed by atoms with van der Waals surface area (Å²) in [5.41, 5.74) is 3.59. The first kappa shape index (κ1) is 16.5. The van der Waals surface area contributed by atoms with Gasteiger partial charge in [0.1, 0.15) is 12.4 Å². The van der Waals surface area contributed by atoms with Gasteiger partial charge in [-0.3, -0.25) is 4.79 Å². The van der Waals surface area contributed by atoms with Gasteiger partial charge in [-0.25, -0.2) is 0 Å². The molecule has 0 aliphatic carbocycles. The number of carbonyl (C=O) groups excluding carboxylic acids is 1. The van der Waals surface area contributed by atoms with Crippen LogP contribution in [0.3, 0.4) is 0 Å². The average molecular weight is 325 g/mol.